The number of methoxy groups -OCH3 is 1. The Hall–Kier alpha value is -1.56. The van der Waals surface area contributed by atoms with Crippen LogP contribution >= 0.6 is 11.3 Å². The molecule has 0 unspecified atom stereocenters. The molecule has 110 valence electrons. The molecule has 0 aliphatic heterocycles. The second kappa shape index (κ2) is 6.74. The van der Waals surface area contributed by atoms with Gasteiger partial charge in [0.15, 0.2) is 0 Å². The van der Waals surface area contributed by atoms with Gasteiger partial charge < -0.3 is 15.4 Å². The molecule has 1 saturated carbocycles. The smallest absolute Gasteiger partial charge is 0.350 e. The lowest BCUT2D eigenvalue weighted by molar-refractivity contribution is 0.0607. The monoisotopic (exact) mass is 296 g/mol. The third kappa shape index (κ3) is 3.72. The van der Waals surface area contributed by atoms with Crippen LogP contribution in [0.15, 0.2) is 11.4 Å². The zero-order valence-electron chi connectivity index (χ0n) is 11.8. The molecule has 1 heterocycles. The number of thiophene rings is 1. The Morgan fingerprint density at radius 1 is 1.30 bits per heavy atom. The Kier molecular flexibility index (Phi) is 5.00. The van der Waals surface area contributed by atoms with Crippen molar-refractivity contribution in [1.82, 2.24) is 5.32 Å². The molecular formula is C14H20N2O3S. The molecule has 5 nitrogen and oxygen atoms in total. The lowest BCUT2D eigenvalue weighted by Crippen LogP contribution is -2.40. The summed E-state index contributed by atoms with van der Waals surface area (Å²) in [5.41, 5.74) is 0.503. The number of carbonyl (C=O) groups is 2. The quantitative estimate of drug-likeness (QED) is 0.841. The zero-order chi connectivity index (χ0) is 14.5. The average Bonchev–Trinajstić information content (AvgIpc) is 2.88. The fourth-order valence-corrected chi connectivity index (χ4v) is 3.17. The fraction of sp³-hybridized carbons (Fsp3) is 0.571. The fourth-order valence-electron chi connectivity index (χ4n) is 2.41. The molecule has 6 heteroatoms. The molecule has 2 rings (SSSR count). The van der Waals surface area contributed by atoms with Gasteiger partial charge >= 0.3 is 12.0 Å². The number of hydrogen-bond acceptors (Lipinski definition) is 4. The topological polar surface area (TPSA) is 67.4 Å². The zero-order valence-corrected chi connectivity index (χ0v) is 12.6. The normalized spacial score (nSPS) is 22.1. The van der Waals surface area contributed by atoms with Gasteiger partial charge in [-0.05, 0) is 43.0 Å². The highest BCUT2D eigenvalue weighted by Crippen LogP contribution is 2.25. The molecular weight excluding hydrogens is 276 g/mol. The number of rotatable bonds is 3. The van der Waals surface area contributed by atoms with E-state index in [2.05, 4.69) is 22.3 Å². The maximum atomic E-state index is 12.0. The molecule has 0 saturated heterocycles. The molecule has 0 bridgehead atoms. The Bertz CT molecular complexity index is 479. The van der Waals surface area contributed by atoms with Crippen molar-refractivity contribution in [3.63, 3.8) is 0 Å². The third-order valence-corrected chi connectivity index (χ3v) is 4.53. The second-order valence-electron chi connectivity index (χ2n) is 5.21. The van der Waals surface area contributed by atoms with E-state index in [9.17, 15) is 9.59 Å². The molecule has 1 aromatic rings. The molecule has 1 fully saturated rings. The van der Waals surface area contributed by atoms with Gasteiger partial charge in [-0.3, -0.25) is 0 Å². The van der Waals surface area contributed by atoms with Crippen LogP contribution in [0.4, 0.5) is 10.5 Å². The van der Waals surface area contributed by atoms with Gasteiger partial charge in [0.1, 0.15) is 4.88 Å². The molecule has 1 aliphatic rings. The molecule has 1 aliphatic carbocycles. The lowest BCUT2D eigenvalue weighted by Gasteiger charge is -2.26. The summed E-state index contributed by atoms with van der Waals surface area (Å²) in [6.45, 7) is 2.24. The van der Waals surface area contributed by atoms with E-state index in [4.69, 9.17) is 0 Å². The van der Waals surface area contributed by atoms with Crippen LogP contribution in [0.2, 0.25) is 0 Å². The Balaban J connectivity index is 1.88. The Labute approximate surface area is 122 Å². The minimum Gasteiger partial charge on any atom is -0.465 e. The van der Waals surface area contributed by atoms with E-state index < -0.39 is 5.97 Å². The molecule has 0 spiro atoms. The number of amides is 2. The maximum absolute atomic E-state index is 12.0. The summed E-state index contributed by atoms with van der Waals surface area (Å²) in [6.07, 6.45) is 4.33. The summed E-state index contributed by atoms with van der Waals surface area (Å²) >= 11 is 1.25. The Morgan fingerprint density at radius 2 is 2.00 bits per heavy atom. The molecule has 1 aromatic heterocycles. The van der Waals surface area contributed by atoms with Crippen molar-refractivity contribution < 1.29 is 14.3 Å². The Morgan fingerprint density at radius 3 is 2.65 bits per heavy atom. The van der Waals surface area contributed by atoms with Gasteiger partial charge in [-0.2, -0.15) is 0 Å². The SMILES string of the molecule is COC(=O)c1sccc1NC(=O)NC1CCC(C)CC1. The van der Waals surface area contributed by atoms with Gasteiger partial charge in [0.05, 0.1) is 12.8 Å². The first-order chi connectivity index (χ1) is 9.60. The second-order valence-corrected chi connectivity index (χ2v) is 6.13. The van der Waals surface area contributed by atoms with Crippen molar-refractivity contribution >= 4 is 29.0 Å². The predicted molar refractivity (Wildman–Crippen MR) is 79.2 cm³/mol. The molecule has 0 aromatic carbocycles. The van der Waals surface area contributed by atoms with E-state index in [-0.39, 0.29) is 12.1 Å². The van der Waals surface area contributed by atoms with Crippen LogP contribution in [0.5, 0.6) is 0 Å². The minimum atomic E-state index is -0.429. The number of carbonyl (C=O) groups excluding carboxylic acids is 2. The highest BCUT2D eigenvalue weighted by Gasteiger charge is 2.21. The van der Waals surface area contributed by atoms with E-state index >= 15 is 0 Å². The van der Waals surface area contributed by atoms with Crippen LogP contribution in [0, 0.1) is 5.92 Å². The molecule has 0 radical (unpaired) electrons. The molecule has 20 heavy (non-hydrogen) atoms. The first kappa shape index (κ1) is 14.8. The van der Waals surface area contributed by atoms with Crippen molar-refractivity contribution in [2.75, 3.05) is 12.4 Å². The van der Waals surface area contributed by atoms with E-state index in [1.165, 1.54) is 18.4 Å². The number of ether oxygens (including phenoxy) is 1. The van der Waals surface area contributed by atoms with Crippen LogP contribution in [0.1, 0.15) is 42.3 Å². The third-order valence-electron chi connectivity index (χ3n) is 3.64. The predicted octanol–water partition coefficient (Wildman–Crippen LogP) is 3.23. The van der Waals surface area contributed by atoms with Crippen molar-refractivity contribution in [2.24, 2.45) is 5.92 Å². The van der Waals surface area contributed by atoms with Crippen LogP contribution in [-0.4, -0.2) is 25.2 Å². The van der Waals surface area contributed by atoms with E-state index in [0.29, 0.717) is 10.6 Å². The number of urea groups is 1. The number of hydrogen-bond donors (Lipinski definition) is 2. The maximum Gasteiger partial charge on any atom is 0.350 e. The van der Waals surface area contributed by atoms with Crippen molar-refractivity contribution in [3.8, 4) is 0 Å². The highest BCUT2D eigenvalue weighted by atomic mass is 32.1. The standard InChI is InChI=1S/C14H20N2O3S/c1-9-3-5-10(6-4-9)15-14(18)16-11-7-8-20-12(11)13(17)19-2/h7-10H,3-6H2,1-2H3,(H2,15,16,18). The lowest BCUT2D eigenvalue weighted by atomic mass is 9.87. The first-order valence-corrected chi connectivity index (χ1v) is 7.71. The van der Waals surface area contributed by atoms with Gasteiger partial charge in [-0.25, -0.2) is 9.59 Å². The molecule has 2 N–H and O–H groups in total. The largest absolute Gasteiger partial charge is 0.465 e. The summed E-state index contributed by atoms with van der Waals surface area (Å²) < 4.78 is 4.68. The summed E-state index contributed by atoms with van der Waals surface area (Å²) in [4.78, 5) is 23.9. The summed E-state index contributed by atoms with van der Waals surface area (Å²) in [5, 5.41) is 7.44. The van der Waals surface area contributed by atoms with Gasteiger partial charge in [0.25, 0.3) is 0 Å². The molecule has 0 atom stereocenters. The van der Waals surface area contributed by atoms with E-state index in [1.54, 1.807) is 11.4 Å². The van der Waals surface area contributed by atoms with Crippen LogP contribution < -0.4 is 10.6 Å². The molecule has 2 amide bonds. The number of esters is 1. The van der Waals surface area contributed by atoms with E-state index in [1.807, 2.05) is 0 Å². The van der Waals surface area contributed by atoms with Gasteiger partial charge in [0, 0.05) is 6.04 Å². The van der Waals surface area contributed by atoms with Crippen molar-refractivity contribution in [3.05, 3.63) is 16.3 Å². The van der Waals surface area contributed by atoms with Gasteiger partial charge in [-0.1, -0.05) is 6.92 Å². The summed E-state index contributed by atoms with van der Waals surface area (Å²) in [5.74, 6) is 0.320. The van der Waals surface area contributed by atoms with Crippen molar-refractivity contribution in [2.45, 2.75) is 38.6 Å². The van der Waals surface area contributed by atoms with Crippen LogP contribution in [0.3, 0.4) is 0 Å². The van der Waals surface area contributed by atoms with Crippen LogP contribution in [-0.2, 0) is 4.74 Å². The van der Waals surface area contributed by atoms with Gasteiger partial charge in [-0.15, -0.1) is 11.3 Å². The first-order valence-electron chi connectivity index (χ1n) is 6.83. The summed E-state index contributed by atoms with van der Waals surface area (Å²) in [6, 6.07) is 1.68. The van der Waals surface area contributed by atoms with E-state index in [0.717, 1.165) is 31.6 Å². The van der Waals surface area contributed by atoms with Gasteiger partial charge in [0.2, 0.25) is 0 Å². The number of anilines is 1. The number of nitrogens with one attached hydrogen (secondary N) is 2. The summed E-state index contributed by atoms with van der Waals surface area (Å²) in [7, 11) is 1.33. The minimum absolute atomic E-state index is 0.228. The van der Waals surface area contributed by atoms with Crippen LogP contribution in [0.25, 0.3) is 0 Å². The highest BCUT2D eigenvalue weighted by molar-refractivity contribution is 7.12. The van der Waals surface area contributed by atoms with Crippen molar-refractivity contribution in [1.29, 1.82) is 0 Å². The average molecular weight is 296 g/mol.